The molecule has 26 heavy (non-hydrogen) atoms. The summed E-state index contributed by atoms with van der Waals surface area (Å²) >= 11 is 0. The molecule has 0 aromatic carbocycles. The van der Waals surface area contributed by atoms with Crippen LogP contribution in [0.2, 0.25) is 0 Å². The molecule has 1 atom stereocenters. The summed E-state index contributed by atoms with van der Waals surface area (Å²) in [5, 5.41) is 4.36. The second kappa shape index (κ2) is 7.09. The molecule has 0 saturated carbocycles. The number of amides is 1. The molecule has 2 aromatic rings. The Balaban J connectivity index is 1.79. The van der Waals surface area contributed by atoms with Crippen molar-refractivity contribution in [2.24, 2.45) is 0 Å². The van der Waals surface area contributed by atoms with Gasteiger partial charge in [0.05, 0.1) is 5.69 Å². The maximum atomic E-state index is 12.3. The van der Waals surface area contributed by atoms with Crippen LogP contribution in [0.4, 0.5) is 4.79 Å². The van der Waals surface area contributed by atoms with Crippen LogP contribution in [-0.2, 0) is 11.3 Å². The van der Waals surface area contributed by atoms with Gasteiger partial charge in [-0.3, -0.25) is 9.67 Å². The van der Waals surface area contributed by atoms with Crippen molar-refractivity contribution in [3.05, 3.63) is 35.8 Å². The average molecular weight is 356 g/mol. The van der Waals surface area contributed by atoms with Crippen LogP contribution in [0.25, 0.3) is 11.3 Å². The second-order valence-electron chi connectivity index (χ2n) is 7.87. The van der Waals surface area contributed by atoms with Gasteiger partial charge < -0.3 is 9.64 Å². The van der Waals surface area contributed by atoms with Crippen molar-refractivity contribution in [3.63, 3.8) is 0 Å². The summed E-state index contributed by atoms with van der Waals surface area (Å²) in [6.45, 7) is 12.0. The minimum absolute atomic E-state index is 0.235. The lowest BCUT2D eigenvalue weighted by Gasteiger charge is -2.24. The van der Waals surface area contributed by atoms with E-state index in [1.165, 1.54) is 0 Å². The maximum Gasteiger partial charge on any atom is 0.410 e. The van der Waals surface area contributed by atoms with E-state index in [-0.39, 0.29) is 12.0 Å². The van der Waals surface area contributed by atoms with E-state index in [0.717, 1.165) is 35.6 Å². The molecule has 3 rings (SSSR count). The fourth-order valence-electron chi connectivity index (χ4n) is 3.38. The predicted molar refractivity (Wildman–Crippen MR) is 101 cm³/mol. The van der Waals surface area contributed by atoms with Crippen molar-refractivity contribution in [2.75, 3.05) is 13.1 Å². The number of nitrogens with zero attached hydrogens (tertiary/aromatic N) is 4. The lowest BCUT2D eigenvalue weighted by atomic mass is 10.0. The summed E-state index contributed by atoms with van der Waals surface area (Å²) in [6.07, 6.45) is 2.49. The van der Waals surface area contributed by atoms with Gasteiger partial charge in [-0.25, -0.2) is 4.79 Å². The largest absolute Gasteiger partial charge is 0.444 e. The molecule has 1 amide bonds. The van der Waals surface area contributed by atoms with Gasteiger partial charge in [0.2, 0.25) is 0 Å². The summed E-state index contributed by atoms with van der Waals surface area (Å²) in [4.78, 5) is 18.8. The van der Waals surface area contributed by atoms with E-state index in [1.807, 2.05) is 44.6 Å². The highest BCUT2D eigenvalue weighted by atomic mass is 16.6. The summed E-state index contributed by atoms with van der Waals surface area (Å²) in [5.41, 5.74) is 3.78. The average Bonchev–Trinajstić information content (AvgIpc) is 3.22. The first kappa shape index (κ1) is 18.4. The van der Waals surface area contributed by atoms with Gasteiger partial charge in [-0.2, -0.15) is 5.10 Å². The highest BCUT2D eigenvalue weighted by Gasteiger charge is 2.31. The molecule has 0 spiro atoms. The molecular weight excluding hydrogens is 328 g/mol. The van der Waals surface area contributed by atoms with Gasteiger partial charge in [-0.05, 0) is 59.2 Å². The number of aromatic nitrogens is 3. The van der Waals surface area contributed by atoms with E-state index < -0.39 is 5.60 Å². The Bertz CT molecular complexity index is 791. The normalized spacial score (nSPS) is 17.6. The van der Waals surface area contributed by atoms with Crippen LogP contribution < -0.4 is 0 Å². The van der Waals surface area contributed by atoms with Crippen LogP contribution in [0, 0.1) is 6.92 Å². The highest BCUT2D eigenvalue weighted by Crippen LogP contribution is 2.30. The lowest BCUT2D eigenvalue weighted by Crippen LogP contribution is -2.35. The Morgan fingerprint density at radius 3 is 2.81 bits per heavy atom. The Morgan fingerprint density at radius 2 is 2.12 bits per heavy atom. The number of ether oxygens (including phenoxy) is 1. The number of likely N-dealkylation sites (tertiary alicyclic amines) is 1. The Labute approximate surface area is 155 Å². The lowest BCUT2D eigenvalue weighted by molar-refractivity contribution is 0.0292. The van der Waals surface area contributed by atoms with E-state index in [0.29, 0.717) is 13.1 Å². The first-order chi connectivity index (χ1) is 12.3. The van der Waals surface area contributed by atoms with Crippen molar-refractivity contribution < 1.29 is 9.53 Å². The van der Waals surface area contributed by atoms with Crippen LogP contribution >= 0.6 is 0 Å². The number of pyridine rings is 1. The maximum absolute atomic E-state index is 12.3. The molecule has 0 unspecified atom stereocenters. The zero-order chi connectivity index (χ0) is 18.9. The summed E-state index contributed by atoms with van der Waals surface area (Å²) in [7, 11) is 0. The van der Waals surface area contributed by atoms with Crippen molar-refractivity contribution in [1.29, 1.82) is 0 Å². The fraction of sp³-hybridized carbons (Fsp3) is 0.550. The van der Waals surface area contributed by atoms with E-state index in [2.05, 4.69) is 24.2 Å². The predicted octanol–water partition coefficient (Wildman–Crippen LogP) is 4.00. The minimum atomic E-state index is -0.470. The van der Waals surface area contributed by atoms with E-state index in [1.54, 1.807) is 4.90 Å². The highest BCUT2D eigenvalue weighted by molar-refractivity contribution is 5.68. The summed E-state index contributed by atoms with van der Waals surface area (Å²) in [6, 6.07) is 6.26. The number of rotatable bonds is 3. The Morgan fingerprint density at radius 1 is 1.35 bits per heavy atom. The SMILES string of the molecule is CCn1nccc1-c1cc(C)nc([C@@H]2CCN(C(=O)OC(C)(C)C)C2)c1. The Kier molecular flexibility index (Phi) is 5.03. The number of hydrogen-bond acceptors (Lipinski definition) is 4. The standard InChI is InChI=1S/C20H28N4O2/c1-6-24-18(7-9-21-24)16-11-14(2)22-17(12-16)15-8-10-23(13-15)19(25)26-20(3,4)5/h7,9,11-12,15H,6,8,10,13H2,1-5H3/t15-/m1/s1. The van der Waals surface area contributed by atoms with Gasteiger partial charge in [-0.1, -0.05) is 0 Å². The molecule has 140 valence electrons. The molecular formula is C20H28N4O2. The first-order valence-electron chi connectivity index (χ1n) is 9.25. The van der Waals surface area contributed by atoms with Crippen molar-refractivity contribution in [2.45, 2.75) is 59.1 Å². The van der Waals surface area contributed by atoms with Gasteiger partial charge in [0.1, 0.15) is 5.60 Å². The molecule has 0 bridgehead atoms. The number of carbonyl (C=O) groups excluding carboxylic acids is 1. The molecule has 2 aromatic heterocycles. The third-order valence-electron chi connectivity index (χ3n) is 4.54. The van der Waals surface area contributed by atoms with Gasteiger partial charge in [-0.15, -0.1) is 0 Å². The molecule has 1 aliphatic heterocycles. The molecule has 3 heterocycles. The quantitative estimate of drug-likeness (QED) is 0.834. The summed E-state index contributed by atoms with van der Waals surface area (Å²) in [5.74, 6) is 0.235. The van der Waals surface area contributed by atoms with Crippen molar-refractivity contribution in [1.82, 2.24) is 19.7 Å². The van der Waals surface area contributed by atoms with Gasteiger partial charge >= 0.3 is 6.09 Å². The molecule has 1 fully saturated rings. The van der Waals surface area contributed by atoms with Gasteiger partial charge in [0.15, 0.2) is 0 Å². The monoisotopic (exact) mass is 356 g/mol. The fourth-order valence-corrected chi connectivity index (χ4v) is 3.38. The van der Waals surface area contributed by atoms with Gasteiger partial charge in [0.25, 0.3) is 0 Å². The van der Waals surface area contributed by atoms with Crippen LogP contribution in [0.15, 0.2) is 24.4 Å². The zero-order valence-corrected chi connectivity index (χ0v) is 16.3. The van der Waals surface area contributed by atoms with Crippen LogP contribution in [0.5, 0.6) is 0 Å². The minimum Gasteiger partial charge on any atom is -0.444 e. The molecule has 0 N–H and O–H groups in total. The smallest absolute Gasteiger partial charge is 0.410 e. The molecule has 0 aliphatic carbocycles. The van der Waals surface area contributed by atoms with E-state index in [9.17, 15) is 4.79 Å². The van der Waals surface area contributed by atoms with E-state index >= 15 is 0 Å². The molecule has 6 nitrogen and oxygen atoms in total. The third-order valence-corrected chi connectivity index (χ3v) is 4.54. The van der Waals surface area contributed by atoms with Crippen molar-refractivity contribution in [3.8, 4) is 11.3 Å². The van der Waals surface area contributed by atoms with Crippen molar-refractivity contribution >= 4 is 6.09 Å². The molecule has 0 radical (unpaired) electrons. The van der Waals surface area contributed by atoms with Gasteiger partial charge in [0, 0.05) is 48.7 Å². The third kappa shape index (κ3) is 4.06. The summed E-state index contributed by atoms with van der Waals surface area (Å²) < 4.78 is 7.48. The number of carbonyl (C=O) groups is 1. The number of hydrogen-bond donors (Lipinski definition) is 0. The van der Waals surface area contributed by atoms with Crippen LogP contribution in [0.3, 0.4) is 0 Å². The molecule has 6 heteroatoms. The van der Waals surface area contributed by atoms with E-state index in [4.69, 9.17) is 9.72 Å². The first-order valence-corrected chi connectivity index (χ1v) is 9.25. The topological polar surface area (TPSA) is 60.2 Å². The van der Waals surface area contributed by atoms with Crippen LogP contribution in [-0.4, -0.2) is 44.4 Å². The Hall–Kier alpha value is -2.37. The van der Waals surface area contributed by atoms with Crippen LogP contribution in [0.1, 0.15) is 51.4 Å². The number of aryl methyl sites for hydroxylation is 2. The molecule has 1 aliphatic rings. The zero-order valence-electron chi connectivity index (χ0n) is 16.3. The molecule has 1 saturated heterocycles. The second-order valence-corrected chi connectivity index (χ2v) is 7.87.